The number of pyridine rings is 1. The van der Waals surface area contributed by atoms with E-state index in [0.717, 1.165) is 20.1 Å². The fourth-order valence-corrected chi connectivity index (χ4v) is 2.57. The van der Waals surface area contributed by atoms with Crippen molar-refractivity contribution in [1.29, 1.82) is 0 Å². The molecular formula is C15H9Br2NO. The summed E-state index contributed by atoms with van der Waals surface area (Å²) < 4.78 is 7.77. The van der Waals surface area contributed by atoms with Gasteiger partial charge in [-0.2, -0.15) is 0 Å². The van der Waals surface area contributed by atoms with Crippen LogP contribution in [-0.2, 0) is 0 Å². The van der Waals surface area contributed by atoms with Crippen molar-refractivity contribution in [2.24, 2.45) is 0 Å². The van der Waals surface area contributed by atoms with Gasteiger partial charge >= 0.3 is 0 Å². The average molecular weight is 379 g/mol. The number of fused-ring (bicyclic) bond motifs is 1. The van der Waals surface area contributed by atoms with Crippen LogP contribution in [0.5, 0.6) is 11.5 Å². The molecule has 0 amide bonds. The molecule has 2 nitrogen and oxygen atoms in total. The number of benzene rings is 2. The molecule has 2 aromatic carbocycles. The summed E-state index contributed by atoms with van der Waals surface area (Å²) in [5.41, 5.74) is 0. The summed E-state index contributed by atoms with van der Waals surface area (Å²) in [6.07, 6.45) is 3.42. The van der Waals surface area contributed by atoms with E-state index in [1.807, 2.05) is 30.3 Å². The first-order valence-corrected chi connectivity index (χ1v) is 7.27. The third kappa shape index (κ3) is 2.96. The van der Waals surface area contributed by atoms with Gasteiger partial charge in [-0.1, -0.05) is 28.1 Å². The lowest BCUT2D eigenvalue weighted by atomic mass is 10.1. The first-order valence-electron chi connectivity index (χ1n) is 5.68. The lowest BCUT2D eigenvalue weighted by Gasteiger charge is -2.07. The van der Waals surface area contributed by atoms with Gasteiger partial charge in [-0.3, -0.25) is 4.98 Å². The average Bonchev–Trinajstić information content (AvgIpc) is 2.39. The quantitative estimate of drug-likeness (QED) is 0.583. The first kappa shape index (κ1) is 12.6. The fraction of sp³-hybridized carbons (Fsp3) is 0. The van der Waals surface area contributed by atoms with Crippen molar-refractivity contribution in [2.75, 3.05) is 0 Å². The Morgan fingerprint density at radius 1 is 0.737 bits per heavy atom. The Labute approximate surface area is 127 Å². The second kappa shape index (κ2) is 5.31. The molecule has 19 heavy (non-hydrogen) atoms. The molecule has 4 heteroatoms. The van der Waals surface area contributed by atoms with Crippen LogP contribution in [-0.4, -0.2) is 4.98 Å². The topological polar surface area (TPSA) is 22.1 Å². The van der Waals surface area contributed by atoms with Crippen molar-refractivity contribution >= 4 is 42.6 Å². The molecule has 1 heterocycles. The largest absolute Gasteiger partial charge is 0.456 e. The predicted molar refractivity (Wildman–Crippen MR) is 83.7 cm³/mol. The van der Waals surface area contributed by atoms with E-state index in [9.17, 15) is 0 Å². The summed E-state index contributed by atoms with van der Waals surface area (Å²) >= 11 is 6.84. The summed E-state index contributed by atoms with van der Waals surface area (Å²) in [4.78, 5) is 4.08. The molecule has 0 unspecified atom stereocenters. The van der Waals surface area contributed by atoms with Gasteiger partial charge in [0.1, 0.15) is 11.5 Å². The zero-order valence-electron chi connectivity index (χ0n) is 9.81. The third-order valence-corrected chi connectivity index (χ3v) is 3.62. The van der Waals surface area contributed by atoms with Crippen LogP contribution in [0.1, 0.15) is 0 Å². The molecule has 0 aliphatic heterocycles. The number of hydrogen-bond donors (Lipinski definition) is 0. The number of hydrogen-bond acceptors (Lipinski definition) is 2. The Morgan fingerprint density at radius 3 is 2.37 bits per heavy atom. The molecule has 3 rings (SSSR count). The fourth-order valence-electron chi connectivity index (χ4n) is 1.84. The van der Waals surface area contributed by atoms with Gasteiger partial charge in [-0.15, -0.1) is 0 Å². The molecule has 94 valence electrons. The summed E-state index contributed by atoms with van der Waals surface area (Å²) in [5, 5.41) is 2.32. The van der Waals surface area contributed by atoms with E-state index in [2.05, 4.69) is 49.0 Å². The van der Waals surface area contributed by atoms with Crippen LogP contribution in [0.25, 0.3) is 10.8 Å². The molecular weight excluding hydrogens is 370 g/mol. The molecule has 0 aliphatic rings. The molecule has 0 radical (unpaired) electrons. The lowest BCUT2D eigenvalue weighted by Crippen LogP contribution is -1.85. The van der Waals surface area contributed by atoms with Crippen LogP contribution in [0, 0.1) is 0 Å². The number of nitrogens with zero attached hydrogens (tertiary/aromatic N) is 1. The second-order valence-corrected chi connectivity index (χ2v) is 5.93. The maximum absolute atomic E-state index is 5.79. The molecule has 0 fully saturated rings. The second-order valence-electron chi connectivity index (χ2n) is 4.09. The van der Waals surface area contributed by atoms with E-state index < -0.39 is 0 Å². The van der Waals surface area contributed by atoms with Crippen molar-refractivity contribution in [3.8, 4) is 11.5 Å². The van der Waals surface area contributed by atoms with Gasteiger partial charge < -0.3 is 4.74 Å². The molecule has 0 spiro atoms. The monoisotopic (exact) mass is 377 g/mol. The molecule has 0 N–H and O–H groups in total. The molecule has 1 aromatic heterocycles. The number of ether oxygens (including phenoxy) is 1. The zero-order chi connectivity index (χ0) is 13.2. The number of rotatable bonds is 2. The van der Waals surface area contributed by atoms with Gasteiger partial charge in [-0.25, -0.2) is 0 Å². The van der Waals surface area contributed by atoms with Gasteiger partial charge in [-0.05, 0) is 57.0 Å². The van der Waals surface area contributed by atoms with Gasteiger partial charge in [0.05, 0.1) is 6.20 Å². The Morgan fingerprint density at radius 2 is 1.53 bits per heavy atom. The van der Waals surface area contributed by atoms with Crippen molar-refractivity contribution < 1.29 is 4.74 Å². The van der Waals surface area contributed by atoms with Crippen molar-refractivity contribution in [2.45, 2.75) is 0 Å². The lowest BCUT2D eigenvalue weighted by molar-refractivity contribution is 0.480. The zero-order valence-corrected chi connectivity index (χ0v) is 13.0. The van der Waals surface area contributed by atoms with Gasteiger partial charge in [0, 0.05) is 15.1 Å². The van der Waals surface area contributed by atoms with Crippen molar-refractivity contribution in [3.63, 3.8) is 0 Å². The standard InChI is InChI=1S/C15H9Br2NO/c16-12-3-1-11-6-14(4-2-10(11)5-12)19-15-7-13(17)8-18-9-15/h1-9H. The molecule has 0 saturated carbocycles. The van der Waals surface area contributed by atoms with E-state index in [-0.39, 0.29) is 0 Å². The number of halogens is 2. The van der Waals surface area contributed by atoms with Crippen LogP contribution in [0.3, 0.4) is 0 Å². The van der Waals surface area contributed by atoms with Crippen LogP contribution >= 0.6 is 31.9 Å². The minimum Gasteiger partial charge on any atom is -0.456 e. The SMILES string of the molecule is Brc1cncc(Oc2ccc3cc(Br)ccc3c2)c1. The normalized spacial score (nSPS) is 10.6. The van der Waals surface area contributed by atoms with Crippen molar-refractivity contribution in [3.05, 3.63) is 63.8 Å². The van der Waals surface area contributed by atoms with Crippen LogP contribution < -0.4 is 4.74 Å². The molecule has 0 saturated heterocycles. The first-order chi connectivity index (χ1) is 9.20. The van der Waals surface area contributed by atoms with Gasteiger partial charge in [0.2, 0.25) is 0 Å². The highest BCUT2D eigenvalue weighted by molar-refractivity contribution is 9.10. The highest BCUT2D eigenvalue weighted by Crippen LogP contribution is 2.28. The van der Waals surface area contributed by atoms with Crippen molar-refractivity contribution in [1.82, 2.24) is 4.98 Å². The smallest absolute Gasteiger partial charge is 0.146 e. The molecule has 0 aliphatic carbocycles. The third-order valence-electron chi connectivity index (χ3n) is 2.69. The van der Waals surface area contributed by atoms with Gasteiger partial charge in [0.15, 0.2) is 0 Å². The highest BCUT2D eigenvalue weighted by atomic mass is 79.9. The summed E-state index contributed by atoms with van der Waals surface area (Å²) in [6, 6.07) is 14.1. The van der Waals surface area contributed by atoms with E-state index in [1.165, 1.54) is 5.39 Å². The van der Waals surface area contributed by atoms with Gasteiger partial charge in [0.25, 0.3) is 0 Å². The summed E-state index contributed by atoms with van der Waals surface area (Å²) in [7, 11) is 0. The maximum atomic E-state index is 5.79. The van der Waals surface area contributed by atoms with Crippen LogP contribution in [0.2, 0.25) is 0 Å². The Balaban J connectivity index is 1.95. The maximum Gasteiger partial charge on any atom is 0.146 e. The minimum absolute atomic E-state index is 0.714. The van der Waals surface area contributed by atoms with E-state index in [4.69, 9.17) is 4.74 Å². The molecule has 3 aromatic rings. The summed E-state index contributed by atoms with van der Waals surface area (Å²) in [6.45, 7) is 0. The Kier molecular flexibility index (Phi) is 3.53. The molecule has 0 bridgehead atoms. The van der Waals surface area contributed by atoms with E-state index >= 15 is 0 Å². The Bertz CT molecular complexity index is 743. The molecule has 0 atom stereocenters. The Hall–Kier alpha value is -1.39. The number of aromatic nitrogens is 1. The summed E-state index contributed by atoms with van der Waals surface area (Å²) in [5.74, 6) is 1.51. The predicted octanol–water partition coefficient (Wildman–Crippen LogP) is 5.55. The van der Waals surface area contributed by atoms with Crippen LogP contribution in [0.15, 0.2) is 63.8 Å². The minimum atomic E-state index is 0.714. The van der Waals surface area contributed by atoms with Crippen LogP contribution in [0.4, 0.5) is 0 Å². The highest BCUT2D eigenvalue weighted by Gasteiger charge is 2.01. The van der Waals surface area contributed by atoms with E-state index in [0.29, 0.717) is 5.75 Å². The van der Waals surface area contributed by atoms with E-state index in [1.54, 1.807) is 12.4 Å².